The molecule has 8 heteroatoms. The summed E-state index contributed by atoms with van der Waals surface area (Å²) in [5.41, 5.74) is 1.09. The summed E-state index contributed by atoms with van der Waals surface area (Å²) in [5, 5.41) is 0.487. The Morgan fingerprint density at radius 3 is 2.58 bits per heavy atom. The molecule has 0 unspecified atom stereocenters. The van der Waals surface area contributed by atoms with Gasteiger partial charge in [-0.05, 0) is 63.0 Å². The van der Waals surface area contributed by atoms with Crippen LogP contribution in [0.5, 0.6) is 11.5 Å². The molecule has 0 saturated heterocycles. The van der Waals surface area contributed by atoms with Crippen molar-refractivity contribution >= 4 is 38.7 Å². The van der Waals surface area contributed by atoms with E-state index in [4.69, 9.17) is 9.47 Å². The summed E-state index contributed by atoms with van der Waals surface area (Å²) < 4.78 is 25.4. The first-order valence-electron chi connectivity index (χ1n) is 9.84. The van der Waals surface area contributed by atoms with Crippen LogP contribution in [0.4, 0.5) is 9.52 Å². The fraction of sp³-hybridized carbons (Fsp3) is 0.304. The highest BCUT2D eigenvalue weighted by atomic mass is 32.1. The molecule has 1 amide bonds. The number of methoxy groups -OCH3 is 2. The van der Waals surface area contributed by atoms with Crippen molar-refractivity contribution in [3.05, 3.63) is 53.9 Å². The monoisotopic (exact) mass is 443 g/mol. The zero-order valence-corrected chi connectivity index (χ0v) is 18.9. The van der Waals surface area contributed by atoms with Crippen LogP contribution in [0, 0.1) is 5.82 Å². The maximum Gasteiger partial charge on any atom is 0.252 e. The molecule has 0 aliphatic carbocycles. The summed E-state index contributed by atoms with van der Waals surface area (Å²) in [4.78, 5) is 21.1. The Hall–Kier alpha value is -2.97. The molecule has 164 valence electrons. The van der Waals surface area contributed by atoms with Gasteiger partial charge in [-0.2, -0.15) is 0 Å². The first-order valence-corrected chi connectivity index (χ1v) is 10.7. The number of benzene rings is 2. The number of fused-ring (bicyclic) bond motifs is 1. The molecule has 0 saturated carbocycles. The van der Waals surface area contributed by atoms with E-state index >= 15 is 0 Å². The third-order valence-corrected chi connectivity index (χ3v) is 5.71. The third-order valence-electron chi connectivity index (χ3n) is 4.67. The number of thiazole rings is 1. The zero-order chi connectivity index (χ0) is 22.4. The van der Waals surface area contributed by atoms with E-state index in [1.807, 2.05) is 26.2 Å². The van der Waals surface area contributed by atoms with Gasteiger partial charge in [-0.1, -0.05) is 23.5 Å². The van der Waals surface area contributed by atoms with Gasteiger partial charge in [-0.15, -0.1) is 0 Å². The van der Waals surface area contributed by atoms with Crippen molar-refractivity contribution in [2.75, 3.05) is 46.3 Å². The lowest BCUT2D eigenvalue weighted by molar-refractivity contribution is -0.114. The highest BCUT2D eigenvalue weighted by Gasteiger charge is 2.19. The first kappa shape index (κ1) is 22.7. The van der Waals surface area contributed by atoms with Gasteiger partial charge in [0, 0.05) is 12.6 Å². The highest BCUT2D eigenvalue weighted by Crippen LogP contribution is 2.31. The van der Waals surface area contributed by atoms with Gasteiger partial charge in [0.25, 0.3) is 5.91 Å². The van der Waals surface area contributed by atoms with Crippen LogP contribution in [-0.2, 0) is 4.79 Å². The molecular formula is C23H26FN3O3S. The first-order chi connectivity index (χ1) is 14.9. The van der Waals surface area contributed by atoms with Crippen molar-refractivity contribution in [1.82, 2.24) is 9.88 Å². The second-order valence-electron chi connectivity index (χ2n) is 7.18. The van der Waals surface area contributed by atoms with E-state index in [2.05, 4.69) is 9.88 Å². The Labute approximate surface area is 185 Å². The number of amides is 1. The predicted molar refractivity (Wildman–Crippen MR) is 124 cm³/mol. The van der Waals surface area contributed by atoms with Gasteiger partial charge in [-0.25, -0.2) is 9.37 Å². The van der Waals surface area contributed by atoms with Crippen LogP contribution >= 0.6 is 11.3 Å². The van der Waals surface area contributed by atoms with Crippen molar-refractivity contribution in [2.45, 2.75) is 6.42 Å². The van der Waals surface area contributed by atoms with Crippen molar-refractivity contribution < 1.29 is 18.7 Å². The standard InChI is InChI=1S/C23H26FN3O3S/c1-26(2)13-6-14-27(23-25-22-17(24)7-5-8-20(22)31-23)21(28)12-10-16-9-11-18(29-3)19(15-16)30-4/h5,7-12,15H,6,13-14H2,1-4H3/b12-10+. The molecule has 6 nitrogen and oxygen atoms in total. The van der Waals surface area contributed by atoms with Gasteiger partial charge in [0.2, 0.25) is 0 Å². The molecule has 0 atom stereocenters. The predicted octanol–water partition coefficient (Wildman–Crippen LogP) is 4.45. The molecule has 0 bridgehead atoms. The largest absolute Gasteiger partial charge is 0.493 e. The van der Waals surface area contributed by atoms with Crippen LogP contribution in [0.2, 0.25) is 0 Å². The van der Waals surface area contributed by atoms with Crippen LogP contribution in [0.25, 0.3) is 16.3 Å². The summed E-state index contributed by atoms with van der Waals surface area (Å²) >= 11 is 1.31. The fourth-order valence-corrected chi connectivity index (χ4v) is 4.09. The molecule has 1 aromatic heterocycles. The highest BCUT2D eigenvalue weighted by molar-refractivity contribution is 7.22. The van der Waals surface area contributed by atoms with Gasteiger partial charge in [0.05, 0.1) is 18.9 Å². The van der Waals surface area contributed by atoms with E-state index < -0.39 is 0 Å². The second-order valence-corrected chi connectivity index (χ2v) is 8.19. The molecule has 0 aliphatic heterocycles. The number of halogens is 1. The Kier molecular flexibility index (Phi) is 7.59. The average molecular weight is 444 g/mol. The molecule has 2 aromatic carbocycles. The normalized spacial score (nSPS) is 11.4. The van der Waals surface area contributed by atoms with E-state index in [0.29, 0.717) is 27.9 Å². The summed E-state index contributed by atoms with van der Waals surface area (Å²) in [6.07, 6.45) is 3.98. The van der Waals surface area contributed by atoms with Crippen molar-refractivity contribution in [1.29, 1.82) is 0 Å². The quantitative estimate of drug-likeness (QED) is 0.458. The molecule has 31 heavy (non-hydrogen) atoms. The van der Waals surface area contributed by atoms with E-state index in [0.717, 1.165) is 18.5 Å². The topological polar surface area (TPSA) is 54.9 Å². The number of para-hydroxylation sites is 1. The van der Waals surface area contributed by atoms with E-state index in [-0.39, 0.29) is 17.2 Å². The van der Waals surface area contributed by atoms with Crippen molar-refractivity contribution in [2.24, 2.45) is 0 Å². The SMILES string of the molecule is COc1ccc(/C=C/C(=O)N(CCCN(C)C)c2nc3c(F)cccc3s2)cc1OC. The lowest BCUT2D eigenvalue weighted by Crippen LogP contribution is -2.32. The molecule has 3 aromatic rings. The van der Waals surface area contributed by atoms with Gasteiger partial charge < -0.3 is 14.4 Å². The number of hydrogen-bond donors (Lipinski definition) is 0. The molecule has 1 heterocycles. The number of anilines is 1. The van der Waals surface area contributed by atoms with Crippen LogP contribution < -0.4 is 14.4 Å². The minimum atomic E-state index is -0.387. The van der Waals surface area contributed by atoms with Crippen molar-refractivity contribution in [3.63, 3.8) is 0 Å². The maximum absolute atomic E-state index is 14.1. The minimum Gasteiger partial charge on any atom is -0.493 e. The minimum absolute atomic E-state index is 0.215. The summed E-state index contributed by atoms with van der Waals surface area (Å²) in [6.45, 7) is 1.30. The third kappa shape index (κ3) is 5.59. The molecule has 3 rings (SSSR count). The van der Waals surface area contributed by atoms with Gasteiger partial charge in [-0.3, -0.25) is 9.69 Å². The summed E-state index contributed by atoms with van der Waals surface area (Å²) in [6, 6.07) is 10.3. The van der Waals surface area contributed by atoms with Crippen LogP contribution in [0.3, 0.4) is 0 Å². The molecule has 0 aliphatic rings. The molecule has 0 N–H and O–H groups in total. The Balaban J connectivity index is 1.86. The smallest absolute Gasteiger partial charge is 0.252 e. The Morgan fingerprint density at radius 2 is 1.90 bits per heavy atom. The van der Waals surface area contributed by atoms with E-state index in [1.54, 1.807) is 43.4 Å². The number of nitrogens with zero attached hydrogens (tertiary/aromatic N) is 3. The number of rotatable bonds is 9. The van der Waals surface area contributed by atoms with Gasteiger partial charge in [0.15, 0.2) is 16.6 Å². The lowest BCUT2D eigenvalue weighted by Gasteiger charge is -2.19. The molecule has 0 fully saturated rings. The van der Waals surface area contributed by atoms with Crippen LogP contribution in [0.1, 0.15) is 12.0 Å². The van der Waals surface area contributed by atoms with Gasteiger partial charge >= 0.3 is 0 Å². The number of ether oxygens (including phenoxy) is 2. The average Bonchev–Trinajstić information content (AvgIpc) is 3.20. The summed E-state index contributed by atoms with van der Waals surface area (Å²) in [7, 11) is 7.10. The van der Waals surface area contributed by atoms with Gasteiger partial charge in [0.1, 0.15) is 11.3 Å². The Bertz CT molecular complexity index is 1080. The fourth-order valence-electron chi connectivity index (χ4n) is 3.08. The second kappa shape index (κ2) is 10.4. The molecule has 0 spiro atoms. The Morgan fingerprint density at radius 1 is 1.13 bits per heavy atom. The number of hydrogen-bond acceptors (Lipinski definition) is 6. The van der Waals surface area contributed by atoms with E-state index in [9.17, 15) is 9.18 Å². The van der Waals surface area contributed by atoms with Crippen molar-refractivity contribution in [3.8, 4) is 11.5 Å². The lowest BCUT2D eigenvalue weighted by atomic mass is 10.2. The zero-order valence-electron chi connectivity index (χ0n) is 18.1. The van der Waals surface area contributed by atoms with Crippen LogP contribution in [0.15, 0.2) is 42.5 Å². The van der Waals surface area contributed by atoms with E-state index in [1.165, 1.54) is 23.5 Å². The summed E-state index contributed by atoms with van der Waals surface area (Å²) in [5.74, 6) is 0.601. The number of aromatic nitrogens is 1. The number of carbonyl (C=O) groups excluding carboxylic acids is 1. The van der Waals surface area contributed by atoms with Crippen LogP contribution in [-0.4, -0.2) is 57.2 Å². The molecular weight excluding hydrogens is 417 g/mol. The maximum atomic E-state index is 14.1. The number of carbonyl (C=O) groups is 1. The molecule has 0 radical (unpaired) electrons.